The summed E-state index contributed by atoms with van der Waals surface area (Å²) in [6.07, 6.45) is 4.70. The lowest BCUT2D eigenvalue weighted by atomic mass is 10.3. The van der Waals surface area contributed by atoms with Gasteiger partial charge >= 0.3 is 7.82 Å². The first-order chi connectivity index (χ1) is 20.7. The number of anilines is 2. The van der Waals surface area contributed by atoms with Crippen molar-refractivity contribution < 1.29 is 27.6 Å². The second-order valence-corrected chi connectivity index (χ2v) is 11.1. The number of aromatic nitrogens is 8. The highest BCUT2D eigenvalue weighted by Crippen LogP contribution is 2.49. The van der Waals surface area contributed by atoms with Crippen LogP contribution in [0.2, 0.25) is 0 Å². The normalized spacial score (nSPS) is 11.9. The van der Waals surface area contributed by atoms with Crippen LogP contribution < -0.4 is 27.1 Å². The van der Waals surface area contributed by atoms with Gasteiger partial charge in [-0.05, 0) is 30.5 Å². The molecule has 0 aliphatic carbocycles. The van der Waals surface area contributed by atoms with Crippen molar-refractivity contribution in [2.45, 2.75) is 18.4 Å². The first kappa shape index (κ1) is 30.2. The molecule has 5 aromatic rings. The number of H-pyrrole nitrogens is 2. The van der Waals surface area contributed by atoms with E-state index in [1.807, 2.05) is 6.26 Å². The second-order valence-electron chi connectivity index (χ2n) is 8.63. The lowest BCUT2D eigenvalue weighted by Crippen LogP contribution is -2.14. The molecular formula is C23H27N10O8PS. The monoisotopic (exact) mass is 634 g/mol. The first-order valence-electron chi connectivity index (χ1n) is 12.5. The second kappa shape index (κ2) is 13.4. The van der Waals surface area contributed by atoms with Gasteiger partial charge in [0.25, 0.3) is 11.1 Å². The largest absolute Gasteiger partial charge is 0.530 e. The zero-order valence-electron chi connectivity index (χ0n) is 22.7. The number of nitrogens with two attached hydrogens (primary N) is 2. The maximum Gasteiger partial charge on any atom is 0.530 e. The summed E-state index contributed by atoms with van der Waals surface area (Å²) < 4.78 is 44.2. The van der Waals surface area contributed by atoms with Crippen molar-refractivity contribution >= 4 is 53.8 Å². The van der Waals surface area contributed by atoms with E-state index in [2.05, 4.69) is 29.9 Å². The lowest BCUT2D eigenvalue weighted by molar-refractivity contribution is 0.0293. The van der Waals surface area contributed by atoms with Crippen molar-refractivity contribution in [2.75, 3.05) is 44.2 Å². The molecule has 0 spiro atoms. The highest BCUT2D eigenvalue weighted by molar-refractivity contribution is 7.98. The number of benzene rings is 1. The van der Waals surface area contributed by atoms with E-state index in [1.54, 1.807) is 36.0 Å². The molecule has 0 aliphatic heterocycles. The molecule has 0 saturated heterocycles. The van der Waals surface area contributed by atoms with Crippen LogP contribution in [0, 0.1) is 0 Å². The van der Waals surface area contributed by atoms with Crippen molar-refractivity contribution in [1.82, 2.24) is 39.0 Å². The number of phosphoric ester groups is 1. The summed E-state index contributed by atoms with van der Waals surface area (Å²) in [5, 5.41) is 0. The van der Waals surface area contributed by atoms with Crippen LogP contribution in [0.4, 0.5) is 11.9 Å². The Kier molecular flexibility index (Phi) is 9.39. The van der Waals surface area contributed by atoms with Crippen LogP contribution in [0.1, 0.15) is 0 Å². The number of aromatic amines is 2. The molecule has 6 N–H and O–H groups in total. The van der Waals surface area contributed by atoms with E-state index in [4.69, 9.17) is 34.5 Å². The van der Waals surface area contributed by atoms with E-state index < -0.39 is 18.9 Å². The Morgan fingerprint density at radius 2 is 1.30 bits per heavy atom. The van der Waals surface area contributed by atoms with Gasteiger partial charge in [0.2, 0.25) is 11.9 Å². The minimum atomic E-state index is -4.12. The third-order valence-corrected chi connectivity index (χ3v) is 7.85. The average Bonchev–Trinajstić information content (AvgIpc) is 3.57. The SMILES string of the molecule is CSc1ccc(OP(=O)(OCCOCn2cnc3c(=O)[nH]c(N)nc32)OCCOCn2cnc3c(=O)[nH]c(N)nc32)cc1. The van der Waals surface area contributed by atoms with Gasteiger partial charge in [0, 0.05) is 4.90 Å². The smallest absolute Gasteiger partial charge is 0.404 e. The molecule has 228 valence electrons. The van der Waals surface area contributed by atoms with E-state index in [1.165, 1.54) is 21.8 Å². The fourth-order valence-electron chi connectivity index (χ4n) is 3.73. The maximum atomic E-state index is 13.5. The molecule has 43 heavy (non-hydrogen) atoms. The Morgan fingerprint density at radius 3 is 1.77 bits per heavy atom. The summed E-state index contributed by atoms with van der Waals surface area (Å²) in [7, 11) is -4.12. The van der Waals surface area contributed by atoms with Crippen molar-refractivity contribution in [1.29, 1.82) is 0 Å². The molecule has 0 aliphatic rings. The number of ether oxygens (including phenoxy) is 2. The molecule has 4 heterocycles. The standard InChI is InChI=1S/C23H27N10O8PS/c1-43-15-4-2-14(3-5-15)41-42(36,39-8-6-37-12-32-10-26-16-18(32)28-22(24)30-20(16)34)40-9-7-38-13-33-11-27-17-19(33)29-23(25)31-21(17)35/h2-5,10-11H,6-9,12-13H2,1H3,(H3,24,28,30,34)(H3,25,29,31,35). The molecule has 0 unspecified atom stereocenters. The fourth-order valence-corrected chi connectivity index (χ4v) is 5.29. The third kappa shape index (κ3) is 7.39. The number of nitrogens with zero attached hydrogens (tertiary/aromatic N) is 6. The molecule has 0 radical (unpaired) electrons. The molecule has 0 bridgehead atoms. The molecule has 0 fully saturated rings. The number of nitrogens with one attached hydrogen (secondary N) is 2. The summed E-state index contributed by atoms with van der Waals surface area (Å²) >= 11 is 1.54. The van der Waals surface area contributed by atoms with Crippen LogP contribution in [-0.2, 0) is 36.5 Å². The Bertz CT molecular complexity index is 1760. The fraction of sp³-hybridized carbons (Fsp3) is 0.304. The molecule has 20 heteroatoms. The summed E-state index contributed by atoms with van der Waals surface area (Å²) in [4.78, 5) is 45.8. The zero-order valence-corrected chi connectivity index (χ0v) is 24.4. The Hall–Kier alpha value is -4.26. The van der Waals surface area contributed by atoms with Crippen molar-refractivity contribution in [2.24, 2.45) is 0 Å². The lowest BCUT2D eigenvalue weighted by Gasteiger charge is -2.19. The van der Waals surface area contributed by atoms with Gasteiger partial charge in [0.05, 0.1) is 39.1 Å². The number of hydrogen-bond acceptors (Lipinski definition) is 15. The van der Waals surface area contributed by atoms with Gasteiger partial charge in [-0.3, -0.25) is 37.7 Å². The molecule has 18 nitrogen and oxygen atoms in total. The topological polar surface area (TPSA) is 242 Å². The molecule has 5 rings (SSSR count). The summed E-state index contributed by atoms with van der Waals surface area (Å²) in [6.45, 7) is -0.402. The third-order valence-electron chi connectivity index (χ3n) is 5.68. The number of phosphoric acid groups is 1. The van der Waals surface area contributed by atoms with Crippen LogP contribution in [0.3, 0.4) is 0 Å². The molecule has 0 atom stereocenters. The van der Waals surface area contributed by atoms with Crippen LogP contribution in [0.15, 0.2) is 51.4 Å². The first-order valence-corrected chi connectivity index (χ1v) is 15.2. The van der Waals surface area contributed by atoms with Gasteiger partial charge in [-0.15, -0.1) is 11.8 Å². The molecule has 0 saturated carbocycles. The minimum absolute atomic E-state index is 0.0140. The number of nitrogen functional groups attached to an aromatic ring is 2. The van der Waals surface area contributed by atoms with Gasteiger partial charge in [-0.25, -0.2) is 14.5 Å². The summed E-state index contributed by atoms with van der Waals surface area (Å²) in [5.41, 5.74) is 11.0. The number of fused-ring (bicyclic) bond motifs is 2. The summed E-state index contributed by atoms with van der Waals surface area (Å²) in [5.74, 6) is 0.171. The van der Waals surface area contributed by atoms with Gasteiger partial charge in [0.1, 0.15) is 19.2 Å². The Labute approximate surface area is 246 Å². The Balaban J connectivity index is 1.15. The van der Waals surface area contributed by atoms with E-state index in [9.17, 15) is 14.2 Å². The van der Waals surface area contributed by atoms with E-state index in [0.29, 0.717) is 0 Å². The van der Waals surface area contributed by atoms with Gasteiger partial charge in [-0.2, -0.15) is 9.97 Å². The highest BCUT2D eigenvalue weighted by Gasteiger charge is 2.29. The average molecular weight is 635 g/mol. The van der Waals surface area contributed by atoms with Crippen molar-refractivity contribution in [3.63, 3.8) is 0 Å². The highest BCUT2D eigenvalue weighted by atomic mass is 32.2. The van der Waals surface area contributed by atoms with Crippen LogP contribution in [-0.4, -0.2) is 71.7 Å². The van der Waals surface area contributed by atoms with Crippen LogP contribution in [0.5, 0.6) is 5.75 Å². The van der Waals surface area contributed by atoms with Gasteiger partial charge in [0.15, 0.2) is 22.3 Å². The van der Waals surface area contributed by atoms with E-state index in [0.717, 1.165) is 4.90 Å². The predicted molar refractivity (Wildman–Crippen MR) is 155 cm³/mol. The quantitative estimate of drug-likeness (QED) is 0.0720. The Morgan fingerprint density at radius 1 is 0.814 bits per heavy atom. The van der Waals surface area contributed by atoms with Crippen LogP contribution in [0.25, 0.3) is 22.3 Å². The maximum absolute atomic E-state index is 13.5. The zero-order chi connectivity index (χ0) is 30.4. The minimum Gasteiger partial charge on any atom is -0.404 e. The summed E-state index contributed by atoms with van der Waals surface area (Å²) in [6, 6.07) is 6.90. The molecule has 4 aromatic heterocycles. The number of thioether (sulfide) groups is 1. The van der Waals surface area contributed by atoms with Gasteiger partial charge in [-0.1, -0.05) is 0 Å². The number of rotatable bonds is 15. The molecule has 0 amide bonds. The number of imidazole rings is 2. The van der Waals surface area contributed by atoms with E-state index in [-0.39, 0.29) is 79.9 Å². The number of hydrogen-bond donors (Lipinski definition) is 4. The molecular weight excluding hydrogens is 607 g/mol. The molecule has 1 aromatic carbocycles. The van der Waals surface area contributed by atoms with Gasteiger partial charge < -0.3 is 25.5 Å². The van der Waals surface area contributed by atoms with E-state index >= 15 is 0 Å². The predicted octanol–water partition coefficient (Wildman–Crippen LogP) is 1.31. The van der Waals surface area contributed by atoms with Crippen molar-refractivity contribution in [3.8, 4) is 5.75 Å². The van der Waals surface area contributed by atoms with Crippen molar-refractivity contribution in [3.05, 3.63) is 57.6 Å². The van der Waals surface area contributed by atoms with Crippen LogP contribution >= 0.6 is 19.6 Å².